The molecule has 2 aromatic carbocycles. The second kappa shape index (κ2) is 6.74. The first-order chi connectivity index (χ1) is 11.6. The maximum atomic E-state index is 12.4. The summed E-state index contributed by atoms with van der Waals surface area (Å²) in [6.45, 7) is 3.95. The van der Waals surface area contributed by atoms with E-state index in [9.17, 15) is 4.79 Å². The van der Waals surface area contributed by atoms with Crippen molar-refractivity contribution in [3.63, 3.8) is 0 Å². The average molecular weight is 324 g/mol. The number of ether oxygens (including phenoxy) is 1. The van der Waals surface area contributed by atoms with Crippen LogP contribution in [0.15, 0.2) is 47.0 Å². The fourth-order valence-corrected chi connectivity index (χ4v) is 2.78. The summed E-state index contributed by atoms with van der Waals surface area (Å²) >= 11 is 0. The van der Waals surface area contributed by atoms with Crippen LogP contribution in [0.4, 0.5) is 0 Å². The van der Waals surface area contributed by atoms with E-state index < -0.39 is 0 Å². The van der Waals surface area contributed by atoms with Crippen molar-refractivity contribution in [2.24, 2.45) is 0 Å². The minimum atomic E-state index is -0.162. The minimum Gasteiger partial charge on any atom is -0.496 e. The van der Waals surface area contributed by atoms with Crippen LogP contribution in [0.2, 0.25) is 0 Å². The third kappa shape index (κ3) is 3.25. The lowest BCUT2D eigenvalue weighted by molar-refractivity contribution is -0.121. The van der Waals surface area contributed by atoms with Crippen molar-refractivity contribution in [2.45, 2.75) is 26.3 Å². The van der Waals surface area contributed by atoms with Gasteiger partial charge in [0.1, 0.15) is 11.4 Å². The van der Waals surface area contributed by atoms with Gasteiger partial charge in [0.05, 0.1) is 19.6 Å². The molecule has 0 saturated heterocycles. The second-order valence-electron chi connectivity index (χ2n) is 5.84. The summed E-state index contributed by atoms with van der Waals surface area (Å²) in [5.74, 6) is 0.658. The number of hydrogen-bond donors (Lipinski definition) is 1. The van der Waals surface area contributed by atoms with Gasteiger partial charge < -0.3 is 14.6 Å². The quantitative estimate of drug-likeness (QED) is 0.779. The Balaban J connectivity index is 1.74. The number of hydrogen-bond acceptors (Lipinski definition) is 4. The third-order valence-electron chi connectivity index (χ3n) is 4.01. The molecular weight excluding hydrogens is 304 g/mol. The number of carbonyl (C=O) groups is 1. The predicted octanol–water partition coefficient (Wildman–Crippen LogP) is 3.56. The molecule has 1 heterocycles. The first kappa shape index (κ1) is 16.1. The minimum absolute atomic E-state index is 0.106. The molecule has 1 atom stereocenters. The van der Waals surface area contributed by atoms with Gasteiger partial charge in [0.25, 0.3) is 0 Å². The Kier molecular flexibility index (Phi) is 4.51. The number of aryl methyl sites for hydroxylation is 1. The number of fused-ring (bicyclic) bond motifs is 1. The molecule has 1 N–H and O–H groups in total. The van der Waals surface area contributed by atoms with E-state index in [1.165, 1.54) is 0 Å². The zero-order valence-electron chi connectivity index (χ0n) is 14.0. The highest BCUT2D eigenvalue weighted by Crippen LogP contribution is 2.26. The average Bonchev–Trinajstić information content (AvgIpc) is 2.98. The fourth-order valence-electron chi connectivity index (χ4n) is 2.78. The summed E-state index contributed by atoms with van der Waals surface area (Å²) in [7, 11) is 1.63. The highest BCUT2D eigenvalue weighted by Gasteiger charge is 2.17. The van der Waals surface area contributed by atoms with E-state index in [-0.39, 0.29) is 18.4 Å². The number of benzene rings is 2. The van der Waals surface area contributed by atoms with Gasteiger partial charge in [-0.1, -0.05) is 35.0 Å². The Labute approximate surface area is 140 Å². The summed E-state index contributed by atoms with van der Waals surface area (Å²) < 4.78 is 10.6. The number of carbonyl (C=O) groups excluding carboxylic acids is 1. The van der Waals surface area contributed by atoms with E-state index in [1.54, 1.807) is 7.11 Å². The summed E-state index contributed by atoms with van der Waals surface area (Å²) in [4.78, 5) is 12.4. The number of para-hydroxylation sites is 1. The second-order valence-corrected chi connectivity index (χ2v) is 5.84. The summed E-state index contributed by atoms with van der Waals surface area (Å²) in [6.07, 6.45) is 0.176. The molecule has 1 amide bonds. The van der Waals surface area contributed by atoms with Crippen LogP contribution in [0.3, 0.4) is 0 Å². The molecule has 24 heavy (non-hydrogen) atoms. The van der Waals surface area contributed by atoms with Gasteiger partial charge in [0, 0.05) is 10.9 Å². The Hall–Kier alpha value is -2.82. The van der Waals surface area contributed by atoms with Gasteiger partial charge in [0.15, 0.2) is 5.58 Å². The standard InChI is InChI=1S/C19H20N2O3/c1-12-8-9-17(23-3)15(10-12)13(2)20-19(22)11-16-14-6-4-5-7-18(14)24-21-16/h4-10,13H,11H2,1-3H3,(H,20,22)/t13-/m0/s1. The molecule has 0 aliphatic heterocycles. The number of nitrogens with one attached hydrogen (secondary N) is 1. The molecule has 0 aliphatic carbocycles. The van der Waals surface area contributed by atoms with Gasteiger partial charge >= 0.3 is 0 Å². The molecule has 0 fully saturated rings. The maximum Gasteiger partial charge on any atom is 0.226 e. The number of aromatic nitrogens is 1. The lowest BCUT2D eigenvalue weighted by Gasteiger charge is -2.17. The molecule has 5 nitrogen and oxygen atoms in total. The molecule has 5 heteroatoms. The fraction of sp³-hybridized carbons (Fsp3) is 0.263. The van der Waals surface area contributed by atoms with Crippen LogP contribution >= 0.6 is 0 Å². The topological polar surface area (TPSA) is 64.4 Å². The number of rotatable bonds is 5. The maximum absolute atomic E-state index is 12.4. The lowest BCUT2D eigenvalue weighted by atomic mass is 10.0. The van der Waals surface area contributed by atoms with Crippen molar-refractivity contribution < 1.29 is 14.1 Å². The van der Waals surface area contributed by atoms with Crippen LogP contribution < -0.4 is 10.1 Å². The highest BCUT2D eigenvalue weighted by atomic mass is 16.5. The molecule has 124 valence electrons. The van der Waals surface area contributed by atoms with Crippen LogP contribution in [0.25, 0.3) is 11.0 Å². The molecule has 0 bridgehead atoms. The van der Waals surface area contributed by atoms with Crippen LogP contribution in [-0.4, -0.2) is 18.2 Å². The number of methoxy groups -OCH3 is 1. The van der Waals surface area contributed by atoms with E-state index in [2.05, 4.69) is 10.5 Å². The Morgan fingerprint density at radius 1 is 1.29 bits per heavy atom. The molecule has 0 unspecified atom stereocenters. The molecule has 0 saturated carbocycles. The number of nitrogens with zero attached hydrogens (tertiary/aromatic N) is 1. The monoisotopic (exact) mass is 324 g/mol. The highest BCUT2D eigenvalue weighted by molar-refractivity contribution is 5.86. The van der Waals surface area contributed by atoms with E-state index in [4.69, 9.17) is 9.26 Å². The van der Waals surface area contributed by atoms with Crippen LogP contribution in [-0.2, 0) is 11.2 Å². The SMILES string of the molecule is COc1ccc(C)cc1[C@H](C)NC(=O)Cc1noc2ccccc12. The van der Waals surface area contributed by atoms with Gasteiger partial charge in [-0.3, -0.25) is 4.79 Å². The van der Waals surface area contributed by atoms with Crippen molar-refractivity contribution in [3.8, 4) is 5.75 Å². The first-order valence-corrected chi connectivity index (χ1v) is 7.85. The number of amides is 1. The van der Waals surface area contributed by atoms with Crippen LogP contribution in [0, 0.1) is 6.92 Å². The Bertz CT molecular complexity index is 870. The van der Waals surface area contributed by atoms with Gasteiger partial charge in [-0.25, -0.2) is 0 Å². The van der Waals surface area contributed by atoms with E-state index >= 15 is 0 Å². The van der Waals surface area contributed by atoms with E-state index in [1.807, 2.05) is 56.3 Å². The van der Waals surface area contributed by atoms with Crippen molar-refractivity contribution in [3.05, 3.63) is 59.3 Å². The Morgan fingerprint density at radius 2 is 2.08 bits per heavy atom. The van der Waals surface area contributed by atoms with Gasteiger partial charge in [0.2, 0.25) is 5.91 Å². The van der Waals surface area contributed by atoms with Crippen LogP contribution in [0.5, 0.6) is 5.75 Å². The molecule has 1 aromatic heterocycles. The van der Waals surface area contributed by atoms with Crippen molar-refractivity contribution >= 4 is 16.9 Å². The summed E-state index contributed by atoms with van der Waals surface area (Å²) in [6, 6.07) is 13.3. The van der Waals surface area contributed by atoms with Gasteiger partial charge in [-0.05, 0) is 32.0 Å². The van der Waals surface area contributed by atoms with Crippen molar-refractivity contribution in [2.75, 3.05) is 7.11 Å². The van der Waals surface area contributed by atoms with Crippen LogP contribution in [0.1, 0.15) is 29.8 Å². The zero-order valence-corrected chi connectivity index (χ0v) is 14.0. The predicted molar refractivity (Wildman–Crippen MR) is 92.0 cm³/mol. The third-order valence-corrected chi connectivity index (χ3v) is 4.01. The van der Waals surface area contributed by atoms with Crippen molar-refractivity contribution in [1.29, 1.82) is 0 Å². The van der Waals surface area contributed by atoms with Crippen molar-refractivity contribution in [1.82, 2.24) is 10.5 Å². The smallest absolute Gasteiger partial charge is 0.226 e. The van der Waals surface area contributed by atoms with E-state index in [0.29, 0.717) is 11.3 Å². The Morgan fingerprint density at radius 3 is 2.88 bits per heavy atom. The summed E-state index contributed by atoms with van der Waals surface area (Å²) in [5.41, 5.74) is 3.41. The van der Waals surface area contributed by atoms with E-state index in [0.717, 1.165) is 22.3 Å². The van der Waals surface area contributed by atoms with Gasteiger partial charge in [-0.2, -0.15) is 0 Å². The first-order valence-electron chi connectivity index (χ1n) is 7.85. The molecular formula is C19H20N2O3. The molecule has 0 spiro atoms. The molecule has 0 aliphatic rings. The lowest BCUT2D eigenvalue weighted by Crippen LogP contribution is -2.28. The zero-order chi connectivity index (χ0) is 17.1. The molecule has 0 radical (unpaired) electrons. The molecule has 3 rings (SSSR count). The largest absolute Gasteiger partial charge is 0.496 e. The normalized spacial score (nSPS) is 12.1. The molecule has 3 aromatic rings. The summed E-state index contributed by atoms with van der Waals surface area (Å²) in [5, 5.41) is 7.87. The van der Waals surface area contributed by atoms with Gasteiger partial charge in [-0.15, -0.1) is 0 Å².